The van der Waals surface area contributed by atoms with Crippen molar-refractivity contribution in [2.24, 2.45) is 10.9 Å². The average molecular weight is 343 g/mol. The molecule has 25 heavy (non-hydrogen) atoms. The molecule has 0 aromatic heterocycles. The third kappa shape index (κ3) is 2.56. The second-order valence-corrected chi connectivity index (χ2v) is 7.51. The zero-order valence-electron chi connectivity index (χ0n) is 13.6. The quantitative estimate of drug-likeness (QED) is 0.568. The van der Waals surface area contributed by atoms with Crippen LogP contribution in [0.5, 0.6) is 5.75 Å². The van der Waals surface area contributed by atoms with Crippen LogP contribution in [0.25, 0.3) is 0 Å². The van der Waals surface area contributed by atoms with Gasteiger partial charge in [0.05, 0.1) is 23.9 Å². The Labute approximate surface area is 151 Å². The van der Waals surface area contributed by atoms with E-state index in [0.29, 0.717) is 6.61 Å². The lowest BCUT2D eigenvalue weighted by Gasteiger charge is -2.31. The summed E-state index contributed by atoms with van der Waals surface area (Å²) < 4.78 is 6.10. The highest BCUT2D eigenvalue weighted by Crippen LogP contribution is 2.50. The second-order valence-electron chi connectivity index (χ2n) is 6.33. The van der Waals surface area contributed by atoms with Crippen LogP contribution >= 0.6 is 11.8 Å². The predicted octanol–water partition coefficient (Wildman–Crippen LogP) is 5.66. The summed E-state index contributed by atoms with van der Waals surface area (Å²) in [6.07, 6.45) is 0. The number of rotatable bonds is 1. The molecule has 122 valence electrons. The van der Waals surface area contributed by atoms with Crippen LogP contribution in [-0.2, 0) is 0 Å². The largest absolute Gasteiger partial charge is 0.492 e. The number of fused-ring (bicyclic) bond motifs is 4. The molecule has 5 rings (SSSR count). The zero-order valence-corrected chi connectivity index (χ0v) is 14.4. The van der Waals surface area contributed by atoms with Crippen molar-refractivity contribution in [2.45, 2.75) is 10.1 Å². The van der Waals surface area contributed by atoms with E-state index in [-0.39, 0.29) is 11.2 Å². The van der Waals surface area contributed by atoms with Gasteiger partial charge in [-0.3, -0.25) is 4.99 Å². The number of hydrogen-bond acceptors (Lipinski definition) is 3. The molecule has 3 aromatic rings. The number of benzene rings is 3. The van der Waals surface area contributed by atoms with Crippen LogP contribution in [0.15, 0.2) is 88.8 Å². The topological polar surface area (TPSA) is 21.6 Å². The normalized spacial score (nSPS) is 21.0. The summed E-state index contributed by atoms with van der Waals surface area (Å²) in [5.74, 6) is 1.17. The number of ether oxygens (including phenoxy) is 1. The zero-order chi connectivity index (χ0) is 16.6. The summed E-state index contributed by atoms with van der Waals surface area (Å²) in [6.45, 7) is 0.663. The highest BCUT2D eigenvalue weighted by molar-refractivity contribution is 7.99. The first-order valence-electron chi connectivity index (χ1n) is 8.51. The minimum absolute atomic E-state index is 0.231. The number of nitrogens with zero attached hydrogens (tertiary/aromatic N) is 1. The van der Waals surface area contributed by atoms with Gasteiger partial charge in [-0.25, -0.2) is 0 Å². The molecule has 3 aromatic carbocycles. The van der Waals surface area contributed by atoms with Crippen molar-refractivity contribution < 1.29 is 4.74 Å². The van der Waals surface area contributed by atoms with Gasteiger partial charge in [-0.2, -0.15) is 0 Å². The molecule has 0 aliphatic carbocycles. The molecule has 0 radical (unpaired) electrons. The van der Waals surface area contributed by atoms with Gasteiger partial charge >= 0.3 is 0 Å². The summed E-state index contributed by atoms with van der Waals surface area (Å²) in [5, 5.41) is 0.289. The molecule has 3 heteroatoms. The number of hydrogen-bond donors (Lipinski definition) is 0. The second kappa shape index (κ2) is 6.08. The van der Waals surface area contributed by atoms with Gasteiger partial charge in [-0.15, -0.1) is 11.8 Å². The molecule has 2 heterocycles. The maximum absolute atomic E-state index is 6.10. The van der Waals surface area contributed by atoms with E-state index in [0.717, 1.165) is 22.7 Å². The Morgan fingerprint density at radius 3 is 2.52 bits per heavy atom. The molecule has 0 N–H and O–H groups in total. The fourth-order valence-corrected chi connectivity index (χ4v) is 4.91. The maximum atomic E-state index is 6.10. The summed E-state index contributed by atoms with van der Waals surface area (Å²) in [6, 6.07) is 27.4. The van der Waals surface area contributed by atoms with E-state index in [2.05, 4.69) is 66.7 Å². The Morgan fingerprint density at radius 2 is 1.60 bits per heavy atom. The SMILES string of the molecule is c1ccc([C@@H]2Sc3ccccc3N=C3c4ccccc4OC[C@@H]32)cc1. The molecule has 0 amide bonds. The maximum Gasteiger partial charge on any atom is 0.128 e. The van der Waals surface area contributed by atoms with Gasteiger partial charge in [-0.05, 0) is 29.8 Å². The van der Waals surface area contributed by atoms with E-state index in [4.69, 9.17) is 9.73 Å². The van der Waals surface area contributed by atoms with Crippen molar-refractivity contribution in [3.63, 3.8) is 0 Å². The van der Waals surface area contributed by atoms with Crippen LogP contribution in [0.3, 0.4) is 0 Å². The highest BCUT2D eigenvalue weighted by Gasteiger charge is 2.36. The van der Waals surface area contributed by atoms with Crippen molar-refractivity contribution in [1.82, 2.24) is 0 Å². The fourth-order valence-electron chi connectivity index (χ4n) is 3.58. The molecule has 0 spiro atoms. The van der Waals surface area contributed by atoms with Gasteiger partial charge in [0.1, 0.15) is 5.75 Å². The first-order chi connectivity index (χ1) is 12.4. The van der Waals surface area contributed by atoms with Gasteiger partial charge < -0.3 is 4.74 Å². The minimum Gasteiger partial charge on any atom is -0.492 e. The molecule has 0 fully saturated rings. The molecular formula is C22H17NOS. The number of aliphatic imine (C=N–C) groups is 1. The van der Waals surface area contributed by atoms with E-state index in [1.54, 1.807) is 0 Å². The molecule has 2 aliphatic rings. The van der Waals surface area contributed by atoms with E-state index in [1.165, 1.54) is 10.5 Å². The first-order valence-corrected chi connectivity index (χ1v) is 9.39. The third-order valence-electron chi connectivity index (χ3n) is 4.79. The standard InChI is InChI=1S/C22H17NOS/c1-2-8-15(9-3-1)22-17-14-24-19-12-6-4-10-16(19)21(17)23-18-11-5-7-13-20(18)25-22/h1-13,17,22H,14H2/t17-,22-/m0/s1. The highest BCUT2D eigenvalue weighted by atomic mass is 32.2. The van der Waals surface area contributed by atoms with Gasteiger partial charge in [0.2, 0.25) is 0 Å². The first kappa shape index (κ1) is 14.8. The number of para-hydroxylation sites is 2. The molecule has 0 bridgehead atoms. The average Bonchev–Trinajstić information content (AvgIpc) is 2.85. The lowest BCUT2D eigenvalue weighted by molar-refractivity contribution is 0.271. The third-order valence-corrected chi connectivity index (χ3v) is 6.24. The smallest absolute Gasteiger partial charge is 0.128 e. The van der Waals surface area contributed by atoms with Crippen LogP contribution in [0.4, 0.5) is 5.69 Å². The lowest BCUT2D eigenvalue weighted by atomic mass is 9.88. The van der Waals surface area contributed by atoms with Gasteiger partial charge in [-0.1, -0.05) is 54.6 Å². The van der Waals surface area contributed by atoms with Crippen LogP contribution < -0.4 is 4.74 Å². The molecule has 2 aliphatic heterocycles. The Balaban J connectivity index is 1.72. The molecule has 0 unspecified atom stereocenters. The van der Waals surface area contributed by atoms with Gasteiger partial charge in [0.25, 0.3) is 0 Å². The van der Waals surface area contributed by atoms with Crippen molar-refractivity contribution in [3.8, 4) is 5.75 Å². The van der Waals surface area contributed by atoms with Crippen LogP contribution in [0.1, 0.15) is 16.4 Å². The summed E-state index contributed by atoms with van der Waals surface area (Å²) >= 11 is 1.90. The summed E-state index contributed by atoms with van der Waals surface area (Å²) in [7, 11) is 0. The predicted molar refractivity (Wildman–Crippen MR) is 103 cm³/mol. The van der Waals surface area contributed by atoms with Crippen molar-refractivity contribution in [3.05, 3.63) is 90.0 Å². The van der Waals surface area contributed by atoms with Gasteiger partial charge in [0.15, 0.2) is 0 Å². The Kier molecular flexibility index (Phi) is 3.60. The van der Waals surface area contributed by atoms with Crippen LogP contribution in [-0.4, -0.2) is 12.3 Å². The minimum atomic E-state index is 0.231. The molecule has 0 saturated carbocycles. The van der Waals surface area contributed by atoms with Crippen LogP contribution in [0.2, 0.25) is 0 Å². The molecular weight excluding hydrogens is 326 g/mol. The Hall–Kier alpha value is -2.52. The molecule has 2 atom stereocenters. The van der Waals surface area contributed by atoms with Gasteiger partial charge in [0, 0.05) is 15.7 Å². The lowest BCUT2D eigenvalue weighted by Crippen LogP contribution is -2.31. The molecule has 0 saturated heterocycles. The van der Waals surface area contributed by atoms with Crippen molar-refractivity contribution in [2.75, 3.05) is 6.61 Å². The van der Waals surface area contributed by atoms with E-state index < -0.39 is 0 Å². The van der Waals surface area contributed by atoms with Crippen LogP contribution in [0, 0.1) is 5.92 Å². The van der Waals surface area contributed by atoms with Crippen molar-refractivity contribution >= 4 is 23.2 Å². The molecule has 2 nitrogen and oxygen atoms in total. The summed E-state index contributed by atoms with van der Waals surface area (Å²) in [5.41, 5.74) is 4.65. The summed E-state index contributed by atoms with van der Waals surface area (Å²) in [4.78, 5) is 6.33. The van der Waals surface area contributed by atoms with E-state index in [9.17, 15) is 0 Å². The number of thioether (sulfide) groups is 1. The Morgan fingerprint density at radius 1 is 0.840 bits per heavy atom. The van der Waals surface area contributed by atoms with E-state index in [1.807, 2.05) is 23.9 Å². The van der Waals surface area contributed by atoms with E-state index >= 15 is 0 Å². The fraction of sp³-hybridized carbons (Fsp3) is 0.136. The van der Waals surface area contributed by atoms with Crippen molar-refractivity contribution in [1.29, 1.82) is 0 Å². The monoisotopic (exact) mass is 343 g/mol. The Bertz CT molecular complexity index is 951.